The molecule has 0 aliphatic heterocycles. The third kappa shape index (κ3) is 11.2. The Kier molecular flexibility index (Phi) is 13.4. The van der Waals surface area contributed by atoms with E-state index in [1.165, 1.54) is 12.5 Å². The molecule has 196 valence electrons. The van der Waals surface area contributed by atoms with Crippen molar-refractivity contribution in [1.29, 1.82) is 0 Å². The van der Waals surface area contributed by atoms with E-state index in [1.54, 1.807) is 0 Å². The van der Waals surface area contributed by atoms with Gasteiger partial charge in [-0.25, -0.2) is 9.78 Å². The maximum absolute atomic E-state index is 13.1. The molecule has 0 aliphatic carbocycles. The molecule has 4 unspecified atom stereocenters. The van der Waals surface area contributed by atoms with Crippen LogP contribution in [0.1, 0.15) is 37.8 Å². The third-order valence-corrected chi connectivity index (χ3v) is 5.39. The lowest BCUT2D eigenvalue weighted by molar-refractivity contribution is -0.141. The number of nitrogens with one attached hydrogen (secondary N) is 4. The molecule has 4 atom stereocenters. The Bertz CT molecular complexity index is 853. The summed E-state index contributed by atoms with van der Waals surface area (Å²) in [6, 6.07) is -4.63. The molecule has 0 spiro atoms. The molecule has 1 rings (SSSR count). The Labute approximate surface area is 207 Å². The number of carbonyl (C=O) groups excluding carboxylic acids is 4. The predicted molar refractivity (Wildman–Crippen MR) is 129 cm³/mol. The van der Waals surface area contributed by atoms with E-state index in [0.717, 1.165) is 0 Å². The van der Waals surface area contributed by atoms with Gasteiger partial charge in [0.25, 0.3) is 0 Å². The highest BCUT2D eigenvalue weighted by atomic mass is 32.1. The van der Waals surface area contributed by atoms with Gasteiger partial charge in [0.15, 0.2) is 0 Å². The standard InChI is InChI=1S/C20H34N8O6S/c21-6-2-1-3-12(22)17(30)27-14(7-11-8-24-10-25-11)19(32)26-13(4-5-16(23)29)18(31)28-15(9-35)20(33)34/h8,10,12-15,35H,1-7,9,21-22H2,(H2,23,29)(H,24,25)(H,26,32)(H,27,30)(H,28,31)(H,33,34). The van der Waals surface area contributed by atoms with Crippen molar-refractivity contribution in [2.45, 2.75) is 62.7 Å². The fourth-order valence-corrected chi connectivity index (χ4v) is 3.28. The van der Waals surface area contributed by atoms with Gasteiger partial charge in [0.2, 0.25) is 23.6 Å². The Morgan fingerprint density at radius 2 is 1.63 bits per heavy atom. The van der Waals surface area contributed by atoms with E-state index < -0.39 is 53.8 Å². The van der Waals surface area contributed by atoms with Gasteiger partial charge < -0.3 is 43.2 Å². The molecule has 0 aromatic carbocycles. The van der Waals surface area contributed by atoms with Crippen molar-refractivity contribution in [3.05, 3.63) is 18.2 Å². The van der Waals surface area contributed by atoms with E-state index in [-0.39, 0.29) is 25.0 Å². The van der Waals surface area contributed by atoms with Crippen molar-refractivity contribution in [2.75, 3.05) is 12.3 Å². The summed E-state index contributed by atoms with van der Waals surface area (Å²) in [6.07, 6.45) is 4.13. The van der Waals surface area contributed by atoms with Gasteiger partial charge in [0.05, 0.1) is 12.4 Å². The Balaban J connectivity index is 3.00. The first-order valence-corrected chi connectivity index (χ1v) is 11.7. The zero-order valence-electron chi connectivity index (χ0n) is 19.2. The number of amides is 4. The summed E-state index contributed by atoms with van der Waals surface area (Å²) in [4.78, 5) is 67.6. The largest absolute Gasteiger partial charge is 0.480 e. The van der Waals surface area contributed by atoms with Crippen molar-refractivity contribution < 1.29 is 29.1 Å². The van der Waals surface area contributed by atoms with Crippen LogP contribution >= 0.6 is 12.6 Å². The van der Waals surface area contributed by atoms with Crippen LogP contribution in [0.3, 0.4) is 0 Å². The Morgan fingerprint density at radius 3 is 2.17 bits per heavy atom. The minimum Gasteiger partial charge on any atom is -0.480 e. The fraction of sp³-hybridized carbons (Fsp3) is 0.600. The number of aromatic amines is 1. The maximum Gasteiger partial charge on any atom is 0.327 e. The normalized spacial score (nSPS) is 14.3. The molecule has 1 aromatic rings. The number of aromatic nitrogens is 2. The number of carboxylic acid groups (broad SMARTS) is 1. The van der Waals surface area contributed by atoms with Crippen LogP contribution in [0.2, 0.25) is 0 Å². The molecule has 35 heavy (non-hydrogen) atoms. The van der Waals surface area contributed by atoms with Crippen LogP contribution in [0, 0.1) is 0 Å². The summed E-state index contributed by atoms with van der Waals surface area (Å²) in [5.41, 5.74) is 17.1. The smallest absolute Gasteiger partial charge is 0.327 e. The molecule has 0 saturated heterocycles. The first-order chi connectivity index (χ1) is 16.6. The first-order valence-electron chi connectivity index (χ1n) is 11.0. The average molecular weight is 515 g/mol. The second-order valence-electron chi connectivity index (χ2n) is 7.88. The number of hydrogen-bond acceptors (Lipinski definition) is 9. The number of hydrogen-bond donors (Lipinski definition) is 9. The number of thiol groups is 1. The molecular weight excluding hydrogens is 480 g/mol. The van der Waals surface area contributed by atoms with Crippen LogP contribution in [0.5, 0.6) is 0 Å². The number of rotatable bonds is 17. The van der Waals surface area contributed by atoms with E-state index >= 15 is 0 Å². The maximum atomic E-state index is 13.1. The predicted octanol–water partition coefficient (Wildman–Crippen LogP) is -2.86. The number of carbonyl (C=O) groups is 5. The fourth-order valence-electron chi connectivity index (χ4n) is 3.03. The lowest BCUT2D eigenvalue weighted by Gasteiger charge is -2.24. The van der Waals surface area contributed by atoms with E-state index in [4.69, 9.17) is 22.3 Å². The number of unbranched alkanes of at least 4 members (excludes halogenated alkanes) is 1. The first kappa shape index (κ1) is 29.9. The second-order valence-corrected chi connectivity index (χ2v) is 8.25. The molecular formula is C20H34N8O6S. The van der Waals surface area contributed by atoms with Crippen LogP contribution < -0.4 is 33.2 Å². The molecule has 4 amide bonds. The summed E-state index contributed by atoms with van der Waals surface area (Å²) < 4.78 is 0. The van der Waals surface area contributed by atoms with Gasteiger partial charge in [-0.05, 0) is 25.8 Å². The van der Waals surface area contributed by atoms with Gasteiger partial charge in [-0.15, -0.1) is 0 Å². The molecule has 0 aliphatic rings. The highest BCUT2D eigenvalue weighted by Crippen LogP contribution is 2.05. The van der Waals surface area contributed by atoms with Crippen molar-refractivity contribution in [1.82, 2.24) is 25.9 Å². The molecule has 1 heterocycles. The average Bonchev–Trinajstić information content (AvgIpc) is 3.32. The number of carboxylic acids is 1. The summed E-state index contributed by atoms with van der Waals surface area (Å²) in [5.74, 6) is -4.39. The lowest BCUT2D eigenvalue weighted by Crippen LogP contribution is -2.58. The number of nitrogens with two attached hydrogens (primary N) is 3. The van der Waals surface area contributed by atoms with Crippen LogP contribution in [0.25, 0.3) is 0 Å². The molecule has 0 saturated carbocycles. The summed E-state index contributed by atoms with van der Waals surface area (Å²) in [7, 11) is 0. The molecule has 0 radical (unpaired) electrons. The SMILES string of the molecule is NCCCCC(N)C(=O)NC(Cc1cnc[nH]1)C(=O)NC(CCC(N)=O)C(=O)NC(CS)C(=O)O. The number of imidazole rings is 1. The van der Waals surface area contributed by atoms with E-state index in [2.05, 4.69) is 38.5 Å². The van der Waals surface area contributed by atoms with Crippen LogP contribution in [-0.4, -0.2) is 81.1 Å². The zero-order valence-corrected chi connectivity index (χ0v) is 20.1. The minimum absolute atomic E-state index is 0.00560. The Morgan fingerprint density at radius 1 is 1.00 bits per heavy atom. The van der Waals surface area contributed by atoms with E-state index in [9.17, 15) is 24.0 Å². The van der Waals surface area contributed by atoms with E-state index in [0.29, 0.717) is 31.5 Å². The van der Waals surface area contributed by atoms with Gasteiger partial charge in [-0.2, -0.15) is 12.6 Å². The lowest BCUT2D eigenvalue weighted by atomic mass is 10.1. The topological polar surface area (TPSA) is 248 Å². The van der Waals surface area contributed by atoms with Gasteiger partial charge in [-0.3, -0.25) is 19.2 Å². The number of nitrogens with zero attached hydrogens (tertiary/aromatic N) is 1. The molecule has 0 bridgehead atoms. The number of aliphatic carboxylic acids is 1. The van der Waals surface area contributed by atoms with Crippen LogP contribution in [0.15, 0.2) is 12.5 Å². The molecule has 0 fully saturated rings. The minimum atomic E-state index is -1.32. The van der Waals surface area contributed by atoms with Crippen molar-refractivity contribution in [3.63, 3.8) is 0 Å². The van der Waals surface area contributed by atoms with Gasteiger partial charge in [0.1, 0.15) is 18.1 Å². The summed E-state index contributed by atoms with van der Waals surface area (Å²) >= 11 is 3.89. The van der Waals surface area contributed by atoms with E-state index in [1.807, 2.05) is 0 Å². The van der Waals surface area contributed by atoms with Crippen molar-refractivity contribution in [3.8, 4) is 0 Å². The Hall–Kier alpha value is -3.17. The zero-order chi connectivity index (χ0) is 26.4. The third-order valence-electron chi connectivity index (χ3n) is 5.03. The molecule has 14 nitrogen and oxygen atoms in total. The van der Waals surface area contributed by atoms with Gasteiger partial charge in [0, 0.05) is 30.5 Å². The van der Waals surface area contributed by atoms with Crippen molar-refractivity contribution >= 4 is 42.2 Å². The monoisotopic (exact) mass is 514 g/mol. The summed E-state index contributed by atoms with van der Waals surface area (Å²) in [5, 5.41) is 16.5. The molecule has 11 N–H and O–H groups in total. The summed E-state index contributed by atoms with van der Waals surface area (Å²) in [6.45, 7) is 0.462. The molecule has 1 aromatic heterocycles. The van der Waals surface area contributed by atoms with Gasteiger partial charge in [-0.1, -0.05) is 6.42 Å². The van der Waals surface area contributed by atoms with Crippen LogP contribution in [-0.2, 0) is 30.4 Å². The molecule has 15 heteroatoms. The van der Waals surface area contributed by atoms with Crippen LogP contribution in [0.4, 0.5) is 0 Å². The van der Waals surface area contributed by atoms with Gasteiger partial charge >= 0.3 is 5.97 Å². The number of primary amides is 1. The van der Waals surface area contributed by atoms with Crippen molar-refractivity contribution in [2.24, 2.45) is 17.2 Å². The highest BCUT2D eigenvalue weighted by molar-refractivity contribution is 7.80. The highest BCUT2D eigenvalue weighted by Gasteiger charge is 2.30. The quantitative estimate of drug-likeness (QED) is 0.0765. The second kappa shape index (κ2) is 15.7. The number of H-pyrrole nitrogens is 1.